The van der Waals surface area contributed by atoms with Gasteiger partial charge in [0.05, 0.1) is 12.8 Å². The third-order valence-electron chi connectivity index (χ3n) is 2.40. The molecule has 0 aromatic heterocycles. The van der Waals surface area contributed by atoms with Crippen LogP contribution in [0, 0.1) is 0 Å². The minimum atomic E-state index is -2.55. The number of aliphatic carboxylic acids is 2. The predicted octanol–water partition coefficient (Wildman–Crippen LogP) is -0.465. The molecule has 0 aliphatic rings. The molecule has 7 heteroatoms. The highest BCUT2D eigenvalue weighted by Gasteiger charge is 2.41. The lowest BCUT2D eigenvalue weighted by Crippen LogP contribution is -2.46. The van der Waals surface area contributed by atoms with E-state index in [9.17, 15) is 19.5 Å². The molecule has 0 spiro atoms. The van der Waals surface area contributed by atoms with Crippen molar-refractivity contribution in [3.63, 3.8) is 0 Å². The van der Waals surface area contributed by atoms with Crippen LogP contribution in [0.15, 0.2) is 0 Å². The number of hydrogen-bond acceptors (Lipinski definition) is 4. The number of amides is 1. The van der Waals surface area contributed by atoms with Gasteiger partial charge in [-0.2, -0.15) is 0 Å². The van der Waals surface area contributed by atoms with Crippen LogP contribution in [0.3, 0.4) is 0 Å². The van der Waals surface area contributed by atoms with Crippen molar-refractivity contribution in [1.29, 1.82) is 0 Å². The first-order valence-electron chi connectivity index (χ1n) is 5.22. The second-order valence-corrected chi connectivity index (χ2v) is 3.65. The van der Waals surface area contributed by atoms with Crippen LogP contribution in [0.4, 0.5) is 0 Å². The quantitative estimate of drug-likeness (QED) is 0.560. The monoisotopic (exact) mass is 247 g/mol. The molecule has 1 unspecified atom stereocenters. The Balaban J connectivity index is 4.82. The van der Waals surface area contributed by atoms with Gasteiger partial charge in [0, 0.05) is 13.1 Å². The second-order valence-electron chi connectivity index (χ2n) is 3.65. The Bertz CT molecular complexity index is 312. The second kappa shape index (κ2) is 6.19. The molecule has 3 N–H and O–H groups in total. The van der Waals surface area contributed by atoms with Crippen molar-refractivity contribution in [1.82, 2.24) is 4.90 Å². The van der Waals surface area contributed by atoms with Gasteiger partial charge in [0.25, 0.3) is 0 Å². The first kappa shape index (κ1) is 15.4. The van der Waals surface area contributed by atoms with E-state index in [1.807, 2.05) is 0 Å². The van der Waals surface area contributed by atoms with Gasteiger partial charge in [-0.1, -0.05) is 0 Å². The highest BCUT2D eigenvalue weighted by molar-refractivity contribution is 5.90. The lowest BCUT2D eigenvalue weighted by atomic mass is 9.95. The van der Waals surface area contributed by atoms with E-state index < -0.39 is 36.3 Å². The van der Waals surface area contributed by atoms with Crippen molar-refractivity contribution in [3.05, 3.63) is 0 Å². The molecule has 17 heavy (non-hydrogen) atoms. The van der Waals surface area contributed by atoms with Crippen LogP contribution in [0.25, 0.3) is 0 Å². The van der Waals surface area contributed by atoms with E-state index in [2.05, 4.69) is 0 Å². The highest BCUT2D eigenvalue weighted by atomic mass is 16.4. The average Bonchev–Trinajstić information content (AvgIpc) is 2.17. The zero-order valence-corrected chi connectivity index (χ0v) is 9.84. The molecule has 0 radical (unpaired) electrons. The molecule has 0 rings (SSSR count). The lowest BCUT2D eigenvalue weighted by Gasteiger charge is -2.25. The topological polar surface area (TPSA) is 115 Å². The molecule has 0 aromatic carbocycles. The number of nitrogens with zero attached hydrogens (tertiary/aromatic N) is 1. The summed E-state index contributed by atoms with van der Waals surface area (Å²) < 4.78 is 0. The zero-order valence-electron chi connectivity index (χ0n) is 9.84. The Labute approximate surface area is 98.7 Å². The number of carboxylic acids is 2. The summed E-state index contributed by atoms with van der Waals surface area (Å²) in [5, 5.41) is 26.9. The number of carboxylic acid groups (broad SMARTS) is 2. The fourth-order valence-corrected chi connectivity index (χ4v) is 1.40. The van der Waals surface area contributed by atoms with Crippen molar-refractivity contribution in [3.8, 4) is 0 Å². The summed E-state index contributed by atoms with van der Waals surface area (Å²) in [7, 11) is 0. The van der Waals surface area contributed by atoms with Gasteiger partial charge < -0.3 is 20.2 Å². The summed E-state index contributed by atoms with van der Waals surface area (Å²) in [6.07, 6.45) is -1.74. The molecule has 0 aliphatic heterocycles. The van der Waals surface area contributed by atoms with Gasteiger partial charge in [0.1, 0.15) is 0 Å². The van der Waals surface area contributed by atoms with E-state index >= 15 is 0 Å². The maximum Gasteiger partial charge on any atom is 0.336 e. The highest BCUT2D eigenvalue weighted by Crippen LogP contribution is 2.17. The van der Waals surface area contributed by atoms with E-state index in [1.54, 1.807) is 13.8 Å². The van der Waals surface area contributed by atoms with Crippen molar-refractivity contribution >= 4 is 17.8 Å². The first-order valence-corrected chi connectivity index (χ1v) is 5.22. The summed E-state index contributed by atoms with van der Waals surface area (Å²) in [5.74, 6) is -3.76. The van der Waals surface area contributed by atoms with Crippen LogP contribution in [0.5, 0.6) is 0 Å². The van der Waals surface area contributed by atoms with Crippen molar-refractivity contribution in [2.75, 3.05) is 13.1 Å². The summed E-state index contributed by atoms with van der Waals surface area (Å²) >= 11 is 0. The number of carbonyl (C=O) groups is 3. The number of aliphatic hydroxyl groups is 1. The molecular formula is C10H17NO6. The van der Waals surface area contributed by atoms with E-state index in [0.29, 0.717) is 13.1 Å². The molecule has 1 atom stereocenters. The molecule has 1 amide bonds. The third-order valence-corrected chi connectivity index (χ3v) is 2.40. The Morgan fingerprint density at radius 3 is 1.82 bits per heavy atom. The Hall–Kier alpha value is -1.63. The molecule has 0 aliphatic carbocycles. The molecule has 0 saturated carbocycles. The fourth-order valence-electron chi connectivity index (χ4n) is 1.40. The van der Waals surface area contributed by atoms with Crippen LogP contribution >= 0.6 is 0 Å². The average molecular weight is 247 g/mol. The largest absolute Gasteiger partial charge is 0.481 e. The SMILES string of the molecule is CCN(CC)C(=O)CC(O)(CC(=O)O)C(=O)O. The molecule has 7 nitrogen and oxygen atoms in total. The predicted molar refractivity (Wildman–Crippen MR) is 57.4 cm³/mol. The number of hydrogen-bond donors (Lipinski definition) is 3. The van der Waals surface area contributed by atoms with Crippen molar-refractivity contribution in [2.45, 2.75) is 32.3 Å². The Kier molecular flexibility index (Phi) is 5.60. The minimum absolute atomic E-state index is 0.373. The molecule has 0 aromatic rings. The molecule has 0 heterocycles. The normalized spacial score (nSPS) is 13.8. The van der Waals surface area contributed by atoms with Gasteiger partial charge >= 0.3 is 11.9 Å². The molecule has 0 bridgehead atoms. The molecule has 98 valence electrons. The van der Waals surface area contributed by atoms with E-state index in [-0.39, 0.29) is 0 Å². The van der Waals surface area contributed by atoms with Crippen molar-refractivity contribution in [2.24, 2.45) is 0 Å². The van der Waals surface area contributed by atoms with Gasteiger partial charge in [-0.25, -0.2) is 4.79 Å². The molecule has 0 saturated heterocycles. The van der Waals surface area contributed by atoms with E-state index in [1.165, 1.54) is 4.90 Å². The third kappa shape index (κ3) is 4.39. The van der Waals surface area contributed by atoms with Crippen LogP contribution in [0.2, 0.25) is 0 Å². The van der Waals surface area contributed by atoms with Crippen molar-refractivity contribution < 1.29 is 29.7 Å². The fraction of sp³-hybridized carbons (Fsp3) is 0.700. The van der Waals surface area contributed by atoms with Gasteiger partial charge in [0.2, 0.25) is 5.91 Å². The van der Waals surface area contributed by atoms with Crippen LogP contribution in [0.1, 0.15) is 26.7 Å². The zero-order chi connectivity index (χ0) is 13.6. The molecule has 0 fully saturated rings. The maximum atomic E-state index is 11.6. The first-order chi connectivity index (χ1) is 7.76. The summed E-state index contributed by atoms with van der Waals surface area (Å²) in [4.78, 5) is 34.2. The van der Waals surface area contributed by atoms with Crippen LogP contribution in [-0.4, -0.2) is 56.8 Å². The minimum Gasteiger partial charge on any atom is -0.481 e. The standard InChI is InChI=1S/C10H17NO6/c1-3-11(4-2)7(12)5-10(17,9(15)16)6-8(13)14/h17H,3-6H2,1-2H3,(H,13,14)(H,15,16). The van der Waals surface area contributed by atoms with Gasteiger partial charge in [-0.05, 0) is 13.8 Å². The summed E-state index contributed by atoms with van der Waals surface area (Å²) in [6.45, 7) is 4.16. The van der Waals surface area contributed by atoms with Crippen LogP contribution < -0.4 is 0 Å². The summed E-state index contributed by atoms with van der Waals surface area (Å²) in [6, 6.07) is 0. The lowest BCUT2D eigenvalue weighted by molar-refractivity contribution is -0.169. The smallest absolute Gasteiger partial charge is 0.336 e. The van der Waals surface area contributed by atoms with Gasteiger partial charge in [0.15, 0.2) is 5.60 Å². The van der Waals surface area contributed by atoms with E-state index in [0.717, 1.165) is 0 Å². The number of rotatable bonds is 7. The number of carbonyl (C=O) groups excluding carboxylic acids is 1. The van der Waals surface area contributed by atoms with Gasteiger partial charge in [-0.3, -0.25) is 9.59 Å². The van der Waals surface area contributed by atoms with Crippen LogP contribution in [-0.2, 0) is 14.4 Å². The Morgan fingerprint density at radius 1 is 1.06 bits per heavy atom. The summed E-state index contributed by atoms with van der Waals surface area (Å²) in [5.41, 5.74) is -2.55. The Morgan fingerprint density at radius 2 is 1.53 bits per heavy atom. The maximum absolute atomic E-state index is 11.6. The van der Waals surface area contributed by atoms with E-state index in [4.69, 9.17) is 10.2 Å². The molecular weight excluding hydrogens is 230 g/mol. The van der Waals surface area contributed by atoms with Gasteiger partial charge in [-0.15, -0.1) is 0 Å².